The summed E-state index contributed by atoms with van der Waals surface area (Å²) in [5.74, 6) is -0.318. The van der Waals surface area contributed by atoms with Crippen LogP contribution in [0.5, 0.6) is 0 Å². The van der Waals surface area contributed by atoms with E-state index in [1.54, 1.807) is 12.1 Å². The van der Waals surface area contributed by atoms with E-state index in [0.29, 0.717) is 12.2 Å². The zero-order valence-electron chi connectivity index (χ0n) is 16.8. The van der Waals surface area contributed by atoms with E-state index in [-0.39, 0.29) is 17.2 Å². The molecular formula is C23H26N4O2. The summed E-state index contributed by atoms with van der Waals surface area (Å²) in [6, 6.07) is 20.1. The minimum Gasteiger partial charge on any atom is -0.347 e. The lowest BCUT2D eigenvalue weighted by atomic mass is 10.1. The van der Waals surface area contributed by atoms with Gasteiger partial charge in [-0.1, -0.05) is 56.3 Å². The number of hydrogen-bond donors (Lipinski definition) is 1. The standard InChI is InChI=1S/C23H26N4O2/c1-3-26(4-2)17-19-12-10-18(11-13-19)16-24-23(29)21-14-15-22(28)27(25-21)20-8-6-5-7-9-20/h5-15H,3-4,16-17H2,1-2H3,(H,24,29). The van der Waals surface area contributed by atoms with E-state index >= 15 is 0 Å². The lowest BCUT2D eigenvalue weighted by molar-refractivity contribution is 0.0944. The van der Waals surface area contributed by atoms with Crippen LogP contribution in [0.25, 0.3) is 5.69 Å². The number of para-hydroxylation sites is 1. The average molecular weight is 390 g/mol. The van der Waals surface area contributed by atoms with Crippen LogP contribution >= 0.6 is 0 Å². The molecule has 2 aromatic carbocycles. The molecule has 0 aliphatic carbocycles. The summed E-state index contributed by atoms with van der Waals surface area (Å²) in [6.07, 6.45) is 0. The maximum Gasteiger partial charge on any atom is 0.272 e. The maximum atomic E-state index is 12.5. The Morgan fingerprint density at radius 3 is 2.24 bits per heavy atom. The number of nitrogens with zero attached hydrogens (tertiary/aromatic N) is 3. The van der Waals surface area contributed by atoms with Crippen LogP contribution in [-0.4, -0.2) is 33.7 Å². The van der Waals surface area contributed by atoms with E-state index in [0.717, 1.165) is 25.2 Å². The highest BCUT2D eigenvalue weighted by atomic mass is 16.2. The number of nitrogens with one attached hydrogen (secondary N) is 1. The van der Waals surface area contributed by atoms with Gasteiger partial charge in [-0.25, -0.2) is 0 Å². The number of amides is 1. The summed E-state index contributed by atoms with van der Waals surface area (Å²) in [5, 5.41) is 7.08. The van der Waals surface area contributed by atoms with Gasteiger partial charge in [0.2, 0.25) is 0 Å². The minimum atomic E-state index is -0.318. The monoisotopic (exact) mass is 390 g/mol. The number of benzene rings is 2. The molecule has 1 N–H and O–H groups in total. The molecule has 0 fully saturated rings. The normalized spacial score (nSPS) is 10.9. The highest BCUT2D eigenvalue weighted by Gasteiger charge is 2.10. The van der Waals surface area contributed by atoms with Gasteiger partial charge in [-0.15, -0.1) is 0 Å². The van der Waals surface area contributed by atoms with Gasteiger partial charge in [0.15, 0.2) is 0 Å². The molecule has 0 atom stereocenters. The number of rotatable bonds is 8. The molecule has 1 aromatic heterocycles. The summed E-state index contributed by atoms with van der Waals surface area (Å²) in [5.41, 5.74) is 2.80. The van der Waals surface area contributed by atoms with Crippen molar-refractivity contribution in [3.8, 4) is 5.69 Å². The maximum absolute atomic E-state index is 12.5. The Bertz CT molecular complexity index is 993. The fraction of sp³-hybridized carbons (Fsp3) is 0.261. The zero-order valence-corrected chi connectivity index (χ0v) is 16.8. The molecule has 0 bridgehead atoms. The molecule has 3 aromatic rings. The Balaban J connectivity index is 1.65. The van der Waals surface area contributed by atoms with Gasteiger partial charge in [0.1, 0.15) is 5.69 Å². The molecule has 1 heterocycles. The molecule has 6 heteroatoms. The molecule has 0 saturated carbocycles. The third-order valence-corrected chi connectivity index (χ3v) is 4.81. The Morgan fingerprint density at radius 2 is 1.59 bits per heavy atom. The molecule has 3 rings (SSSR count). The predicted octanol–water partition coefficient (Wildman–Crippen LogP) is 3.00. The van der Waals surface area contributed by atoms with Crippen molar-refractivity contribution in [1.82, 2.24) is 20.0 Å². The van der Waals surface area contributed by atoms with Crippen molar-refractivity contribution in [3.63, 3.8) is 0 Å². The first-order valence-electron chi connectivity index (χ1n) is 9.85. The van der Waals surface area contributed by atoms with Crippen LogP contribution in [-0.2, 0) is 13.1 Å². The van der Waals surface area contributed by atoms with Gasteiger partial charge in [-0.05, 0) is 42.4 Å². The molecule has 0 saturated heterocycles. The van der Waals surface area contributed by atoms with Crippen LogP contribution in [0.4, 0.5) is 0 Å². The van der Waals surface area contributed by atoms with Crippen LogP contribution in [0, 0.1) is 0 Å². The van der Waals surface area contributed by atoms with E-state index < -0.39 is 0 Å². The quantitative estimate of drug-likeness (QED) is 0.642. The first-order chi connectivity index (χ1) is 14.1. The third kappa shape index (κ3) is 5.39. The fourth-order valence-corrected chi connectivity index (χ4v) is 3.03. The molecular weight excluding hydrogens is 364 g/mol. The summed E-state index contributed by atoms with van der Waals surface area (Å²) < 4.78 is 1.23. The minimum absolute atomic E-state index is 0.201. The van der Waals surface area contributed by atoms with Crippen LogP contribution in [0.3, 0.4) is 0 Å². The number of carbonyl (C=O) groups excluding carboxylic acids is 1. The van der Waals surface area contributed by atoms with Gasteiger partial charge >= 0.3 is 0 Å². The summed E-state index contributed by atoms with van der Waals surface area (Å²) in [4.78, 5) is 26.9. The van der Waals surface area contributed by atoms with Crippen LogP contribution < -0.4 is 10.9 Å². The fourth-order valence-electron chi connectivity index (χ4n) is 3.03. The first-order valence-corrected chi connectivity index (χ1v) is 9.85. The molecule has 29 heavy (non-hydrogen) atoms. The molecule has 150 valence electrons. The Morgan fingerprint density at radius 1 is 0.931 bits per heavy atom. The molecule has 0 aliphatic heterocycles. The predicted molar refractivity (Wildman–Crippen MR) is 114 cm³/mol. The summed E-state index contributed by atoms with van der Waals surface area (Å²) in [6.45, 7) is 7.67. The third-order valence-electron chi connectivity index (χ3n) is 4.81. The molecule has 6 nitrogen and oxygen atoms in total. The van der Waals surface area contributed by atoms with E-state index in [1.807, 2.05) is 30.3 Å². The molecule has 1 amide bonds. The number of carbonyl (C=O) groups is 1. The van der Waals surface area contributed by atoms with E-state index in [1.165, 1.54) is 22.4 Å². The second-order valence-electron chi connectivity index (χ2n) is 6.76. The Labute approximate surface area is 170 Å². The largest absolute Gasteiger partial charge is 0.347 e. The van der Waals surface area contributed by atoms with Crippen molar-refractivity contribution < 1.29 is 4.79 Å². The Kier molecular flexibility index (Phi) is 6.92. The van der Waals surface area contributed by atoms with Crippen molar-refractivity contribution >= 4 is 5.91 Å². The van der Waals surface area contributed by atoms with Crippen LogP contribution in [0.15, 0.2) is 71.5 Å². The SMILES string of the molecule is CCN(CC)Cc1ccc(CNC(=O)c2ccc(=O)n(-c3ccccc3)n2)cc1. The molecule has 0 radical (unpaired) electrons. The summed E-state index contributed by atoms with van der Waals surface area (Å²) in [7, 11) is 0. The van der Waals surface area contributed by atoms with Crippen molar-refractivity contribution in [2.45, 2.75) is 26.9 Å². The topological polar surface area (TPSA) is 67.2 Å². The van der Waals surface area contributed by atoms with Crippen LogP contribution in [0.2, 0.25) is 0 Å². The summed E-state index contributed by atoms with van der Waals surface area (Å²) >= 11 is 0. The van der Waals surface area contributed by atoms with Gasteiger partial charge in [-0.3, -0.25) is 14.5 Å². The average Bonchev–Trinajstić information content (AvgIpc) is 2.77. The smallest absolute Gasteiger partial charge is 0.272 e. The first kappa shape index (κ1) is 20.5. The van der Waals surface area contributed by atoms with E-state index in [4.69, 9.17) is 0 Å². The van der Waals surface area contributed by atoms with Crippen molar-refractivity contribution in [2.75, 3.05) is 13.1 Å². The van der Waals surface area contributed by atoms with E-state index in [9.17, 15) is 9.59 Å². The van der Waals surface area contributed by atoms with E-state index in [2.05, 4.69) is 41.3 Å². The van der Waals surface area contributed by atoms with Crippen molar-refractivity contribution in [1.29, 1.82) is 0 Å². The number of hydrogen-bond acceptors (Lipinski definition) is 4. The van der Waals surface area contributed by atoms with Crippen molar-refractivity contribution in [3.05, 3.63) is 93.9 Å². The second-order valence-corrected chi connectivity index (χ2v) is 6.76. The highest BCUT2D eigenvalue weighted by Crippen LogP contribution is 2.08. The number of aromatic nitrogens is 2. The zero-order chi connectivity index (χ0) is 20.6. The molecule has 0 spiro atoms. The second kappa shape index (κ2) is 9.80. The Hall–Kier alpha value is -3.25. The highest BCUT2D eigenvalue weighted by molar-refractivity contribution is 5.92. The van der Waals surface area contributed by atoms with Gasteiger partial charge in [0, 0.05) is 19.2 Å². The van der Waals surface area contributed by atoms with Crippen molar-refractivity contribution in [2.24, 2.45) is 0 Å². The van der Waals surface area contributed by atoms with Gasteiger partial charge in [0.25, 0.3) is 11.5 Å². The lowest BCUT2D eigenvalue weighted by Crippen LogP contribution is -2.28. The van der Waals surface area contributed by atoms with Gasteiger partial charge < -0.3 is 5.32 Å². The lowest BCUT2D eigenvalue weighted by Gasteiger charge is -2.18. The molecule has 0 unspecified atom stereocenters. The molecule has 0 aliphatic rings. The van der Waals surface area contributed by atoms with Crippen LogP contribution in [0.1, 0.15) is 35.5 Å². The van der Waals surface area contributed by atoms with Gasteiger partial charge in [-0.2, -0.15) is 9.78 Å². The van der Waals surface area contributed by atoms with Gasteiger partial charge in [0.05, 0.1) is 5.69 Å².